The largest absolute Gasteiger partial charge is 0.485 e. The van der Waals surface area contributed by atoms with E-state index in [-0.39, 0.29) is 6.16 Å². The van der Waals surface area contributed by atoms with E-state index in [1.54, 1.807) is 13.8 Å². The first-order chi connectivity index (χ1) is 8.68. The van der Waals surface area contributed by atoms with Gasteiger partial charge in [0.05, 0.1) is 24.3 Å². The monoisotopic (exact) mass is 292 g/mol. The zero-order valence-electron chi connectivity index (χ0n) is 10.5. The summed E-state index contributed by atoms with van der Waals surface area (Å²) in [5, 5.41) is 1.87. The van der Waals surface area contributed by atoms with E-state index in [0.717, 1.165) is 10.6 Å². The van der Waals surface area contributed by atoms with Crippen LogP contribution in [0.5, 0.6) is 11.5 Å². The summed E-state index contributed by atoms with van der Waals surface area (Å²) in [6, 6.07) is 0. The molecule has 0 unspecified atom stereocenters. The van der Waals surface area contributed by atoms with E-state index in [1.807, 2.05) is 5.38 Å². The highest BCUT2D eigenvalue weighted by atomic mass is 32.1. The van der Waals surface area contributed by atoms with Gasteiger partial charge >= 0.3 is 7.60 Å². The van der Waals surface area contributed by atoms with Crippen molar-refractivity contribution in [2.24, 2.45) is 0 Å². The summed E-state index contributed by atoms with van der Waals surface area (Å²) in [7, 11) is -3.08. The standard InChI is InChI=1S/C11H17O5PS/c1-3-15-17(12,16-4-2)7-10-11-9(8-18-10)13-5-6-14-11/h8H,3-7H2,1-2H3. The van der Waals surface area contributed by atoms with E-state index in [2.05, 4.69) is 0 Å². The Morgan fingerprint density at radius 2 is 1.94 bits per heavy atom. The molecule has 2 heterocycles. The summed E-state index contributed by atoms with van der Waals surface area (Å²) in [5.41, 5.74) is 0. The van der Waals surface area contributed by atoms with Crippen molar-refractivity contribution in [2.45, 2.75) is 20.0 Å². The summed E-state index contributed by atoms with van der Waals surface area (Å²) in [4.78, 5) is 0.856. The molecule has 0 bridgehead atoms. The van der Waals surface area contributed by atoms with Crippen LogP contribution in [0.2, 0.25) is 0 Å². The van der Waals surface area contributed by atoms with E-state index < -0.39 is 7.60 Å². The van der Waals surface area contributed by atoms with Gasteiger partial charge in [0.15, 0.2) is 11.5 Å². The zero-order chi connectivity index (χ0) is 13.0. The summed E-state index contributed by atoms with van der Waals surface area (Å²) in [6.45, 7) is 5.40. The van der Waals surface area contributed by atoms with Crippen LogP contribution in [0.15, 0.2) is 5.38 Å². The molecule has 0 amide bonds. The third-order valence-corrected chi connectivity index (χ3v) is 5.53. The predicted molar refractivity (Wildman–Crippen MR) is 69.9 cm³/mol. The molecule has 0 aromatic carbocycles. The topological polar surface area (TPSA) is 54.0 Å². The molecule has 7 heteroatoms. The molecule has 0 radical (unpaired) electrons. The van der Waals surface area contributed by atoms with Gasteiger partial charge in [-0.15, -0.1) is 11.3 Å². The lowest BCUT2D eigenvalue weighted by molar-refractivity contribution is 0.172. The van der Waals surface area contributed by atoms with Crippen LogP contribution >= 0.6 is 18.9 Å². The molecule has 0 N–H and O–H groups in total. The molecule has 0 saturated heterocycles. The first-order valence-electron chi connectivity index (χ1n) is 5.92. The quantitative estimate of drug-likeness (QED) is 0.753. The first kappa shape index (κ1) is 13.9. The van der Waals surface area contributed by atoms with Gasteiger partial charge in [0.1, 0.15) is 13.2 Å². The van der Waals surface area contributed by atoms with E-state index in [0.29, 0.717) is 32.2 Å². The van der Waals surface area contributed by atoms with Gasteiger partial charge in [0.25, 0.3) is 0 Å². The minimum Gasteiger partial charge on any atom is -0.485 e. The van der Waals surface area contributed by atoms with Crippen molar-refractivity contribution in [1.82, 2.24) is 0 Å². The van der Waals surface area contributed by atoms with Crippen LogP contribution in [-0.4, -0.2) is 26.4 Å². The fraction of sp³-hybridized carbons (Fsp3) is 0.636. The van der Waals surface area contributed by atoms with Crippen LogP contribution in [0.25, 0.3) is 0 Å². The van der Waals surface area contributed by atoms with Gasteiger partial charge in [-0.2, -0.15) is 0 Å². The molecular weight excluding hydrogens is 275 g/mol. The normalized spacial score (nSPS) is 14.8. The molecule has 0 saturated carbocycles. The molecule has 0 atom stereocenters. The van der Waals surface area contributed by atoms with E-state index in [9.17, 15) is 4.57 Å². The predicted octanol–water partition coefficient (Wildman–Crippen LogP) is 3.29. The summed E-state index contributed by atoms with van der Waals surface area (Å²) >= 11 is 1.46. The van der Waals surface area contributed by atoms with Crippen LogP contribution in [0.4, 0.5) is 0 Å². The summed E-state index contributed by atoms with van der Waals surface area (Å²) in [5.74, 6) is 1.41. The van der Waals surface area contributed by atoms with Gasteiger partial charge in [-0.25, -0.2) is 0 Å². The van der Waals surface area contributed by atoms with Crippen LogP contribution in [0, 0.1) is 0 Å². The molecule has 2 rings (SSSR count). The molecular formula is C11H17O5PS. The van der Waals surface area contributed by atoms with Crippen molar-refractivity contribution >= 4 is 18.9 Å². The number of rotatable bonds is 6. The number of fused-ring (bicyclic) bond motifs is 1. The van der Waals surface area contributed by atoms with Crippen molar-refractivity contribution in [3.63, 3.8) is 0 Å². The molecule has 0 spiro atoms. The van der Waals surface area contributed by atoms with Crippen LogP contribution in [0.3, 0.4) is 0 Å². The van der Waals surface area contributed by atoms with Gasteiger partial charge in [0, 0.05) is 5.38 Å². The second-order valence-corrected chi connectivity index (χ2v) is 6.67. The Balaban J connectivity index is 2.16. The minimum atomic E-state index is -3.08. The molecule has 0 fully saturated rings. The van der Waals surface area contributed by atoms with Crippen LogP contribution in [-0.2, 0) is 19.8 Å². The highest BCUT2D eigenvalue weighted by molar-refractivity contribution is 7.53. The van der Waals surface area contributed by atoms with E-state index in [4.69, 9.17) is 18.5 Å². The van der Waals surface area contributed by atoms with Crippen LogP contribution in [0.1, 0.15) is 18.7 Å². The third kappa shape index (κ3) is 3.06. The highest BCUT2D eigenvalue weighted by Crippen LogP contribution is 2.55. The Morgan fingerprint density at radius 1 is 1.28 bits per heavy atom. The van der Waals surface area contributed by atoms with E-state index >= 15 is 0 Å². The Hall–Kier alpha value is -0.550. The van der Waals surface area contributed by atoms with Crippen molar-refractivity contribution in [2.75, 3.05) is 26.4 Å². The Morgan fingerprint density at radius 3 is 2.61 bits per heavy atom. The molecule has 102 valence electrons. The molecule has 1 aromatic rings. The molecule has 0 aliphatic carbocycles. The number of hydrogen-bond donors (Lipinski definition) is 0. The van der Waals surface area contributed by atoms with Crippen LogP contribution < -0.4 is 9.47 Å². The maximum Gasteiger partial charge on any atom is 0.335 e. The molecule has 18 heavy (non-hydrogen) atoms. The lowest BCUT2D eigenvalue weighted by Crippen LogP contribution is -2.14. The third-order valence-electron chi connectivity index (χ3n) is 2.36. The average molecular weight is 292 g/mol. The smallest absolute Gasteiger partial charge is 0.335 e. The Kier molecular flexibility index (Phi) is 4.67. The fourth-order valence-corrected chi connectivity index (χ4v) is 4.73. The number of hydrogen-bond acceptors (Lipinski definition) is 6. The number of ether oxygens (including phenoxy) is 2. The Bertz CT molecular complexity index is 435. The second kappa shape index (κ2) is 6.06. The SMILES string of the molecule is CCOP(=O)(Cc1scc2c1OCCO2)OCC. The molecule has 1 aliphatic rings. The van der Waals surface area contributed by atoms with Gasteiger partial charge in [-0.1, -0.05) is 0 Å². The highest BCUT2D eigenvalue weighted by Gasteiger charge is 2.29. The zero-order valence-corrected chi connectivity index (χ0v) is 12.2. The average Bonchev–Trinajstić information content (AvgIpc) is 2.73. The molecule has 1 aliphatic heterocycles. The van der Waals surface area contributed by atoms with Gasteiger partial charge < -0.3 is 18.5 Å². The number of thiophene rings is 1. The fourth-order valence-electron chi connectivity index (χ4n) is 1.72. The van der Waals surface area contributed by atoms with Crippen molar-refractivity contribution in [3.8, 4) is 11.5 Å². The Labute approximate surface area is 111 Å². The van der Waals surface area contributed by atoms with E-state index in [1.165, 1.54) is 11.3 Å². The van der Waals surface area contributed by atoms with Crippen molar-refractivity contribution in [1.29, 1.82) is 0 Å². The van der Waals surface area contributed by atoms with Crippen molar-refractivity contribution in [3.05, 3.63) is 10.3 Å². The summed E-state index contributed by atoms with van der Waals surface area (Å²) < 4.78 is 34.0. The molecule has 1 aromatic heterocycles. The summed E-state index contributed by atoms with van der Waals surface area (Å²) in [6.07, 6.45) is 0.234. The van der Waals surface area contributed by atoms with Crippen molar-refractivity contribution < 1.29 is 23.1 Å². The second-order valence-electron chi connectivity index (χ2n) is 3.65. The lowest BCUT2D eigenvalue weighted by Gasteiger charge is -2.19. The molecule has 5 nitrogen and oxygen atoms in total. The van der Waals surface area contributed by atoms with Gasteiger partial charge in [0.2, 0.25) is 0 Å². The maximum atomic E-state index is 12.4. The maximum absolute atomic E-state index is 12.4. The minimum absolute atomic E-state index is 0.234. The first-order valence-corrected chi connectivity index (χ1v) is 8.53. The van der Waals surface area contributed by atoms with Gasteiger partial charge in [-0.3, -0.25) is 4.57 Å². The lowest BCUT2D eigenvalue weighted by atomic mass is 10.4. The van der Waals surface area contributed by atoms with Gasteiger partial charge in [-0.05, 0) is 13.8 Å².